The first kappa shape index (κ1) is 21.4. The Morgan fingerprint density at radius 2 is 1.97 bits per heavy atom. The number of thioether (sulfide) groups is 1. The summed E-state index contributed by atoms with van der Waals surface area (Å²) in [5.74, 6) is 3.40. The van der Waals surface area contributed by atoms with Crippen LogP contribution in [0.1, 0.15) is 25.2 Å². The SMILES string of the molecule is CCc1nc2c(N3CCN(N=O)[C@H](C)C3)nc(SCc3ccc(OC)cc3)nc2n1C. The predicted octanol–water partition coefficient (Wildman–Crippen LogP) is 3.42. The summed E-state index contributed by atoms with van der Waals surface area (Å²) in [5.41, 5.74) is 2.82. The van der Waals surface area contributed by atoms with Gasteiger partial charge in [-0.2, -0.15) is 0 Å². The van der Waals surface area contributed by atoms with E-state index in [1.54, 1.807) is 23.9 Å². The maximum atomic E-state index is 11.0. The molecule has 0 bridgehead atoms. The molecule has 1 atom stereocenters. The van der Waals surface area contributed by atoms with Crippen molar-refractivity contribution in [3.63, 3.8) is 0 Å². The minimum atomic E-state index is 0.0148. The van der Waals surface area contributed by atoms with Crippen molar-refractivity contribution in [2.75, 3.05) is 31.6 Å². The normalized spacial score (nSPS) is 16.7. The van der Waals surface area contributed by atoms with E-state index in [0.717, 1.165) is 40.7 Å². The summed E-state index contributed by atoms with van der Waals surface area (Å²) < 4.78 is 7.28. The van der Waals surface area contributed by atoms with E-state index in [2.05, 4.69) is 29.2 Å². The van der Waals surface area contributed by atoms with Gasteiger partial charge in [-0.05, 0) is 24.6 Å². The van der Waals surface area contributed by atoms with Gasteiger partial charge in [0.2, 0.25) is 0 Å². The van der Waals surface area contributed by atoms with Gasteiger partial charge in [0, 0.05) is 32.3 Å². The summed E-state index contributed by atoms with van der Waals surface area (Å²) in [6.07, 6.45) is 0.819. The number of rotatable bonds is 7. The smallest absolute Gasteiger partial charge is 0.191 e. The number of hydrogen-bond acceptors (Lipinski definition) is 8. The topological polar surface area (TPSA) is 88.7 Å². The summed E-state index contributed by atoms with van der Waals surface area (Å²) in [6, 6.07) is 8.04. The molecule has 0 N–H and O–H groups in total. The van der Waals surface area contributed by atoms with Gasteiger partial charge in [0.25, 0.3) is 0 Å². The molecule has 0 radical (unpaired) electrons. The van der Waals surface area contributed by atoms with Crippen molar-refractivity contribution < 1.29 is 4.74 Å². The zero-order valence-electron chi connectivity index (χ0n) is 18.3. The summed E-state index contributed by atoms with van der Waals surface area (Å²) in [7, 11) is 3.67. The van der Waals surface area contributed by atoms with E-state index in [0.29, 0.717) is 24.8 Å². The van der Waals surface area contributed by atoms with Crippen LogP contribution in [0, 0.1) is 4.91 Å². The van der Waals surface area contributed by atoms with Gasteiger partial charge in [-0.25, -0.2) is 15.0 Å². The predicted molar refractivity (Wildman–Crippen MR) is 122 cm³/mol. The first-order valence-corrected chi connectivity index (χ1v) is 11.4. The molecule has 3 heterocycles. The van der Waals surface area contributed by atoms with Crippen LogP contribution >= 0.6 is 11.8 Å². The van der Waals surface area contributed by atoms with E-state index < -0.39 is 0 Å². The highest BCUT2D eigenvalue weighted by atomic mass is 32.2. The average molecular weight is 442 g/mol. The number of methoxy groups -OCH3 is 1. The number of nitroso groups, excluding NO2 is 1. The quantitative estimate of drug-likeness (QED) is 0.313. The Bertz CT molecular complexity index is 1070. The van der Waals surface area contributed by atoms with Gasteiger partial charge in [0.15, 0.2) is 22.1 Å². The second-order valence-corrected chi connectivity index (χ2v) is 8.56. The van der Waals surface area contributed by atoms with Crippen molar-refractivity contribution >= 4 is 28.7 Å². The van der Waals surface area contributed by atoms with Crippen LogP contribution in [0.3, 0.4) is 0 Å². The second kappa shape index (κ2) is 9.09. The highest BCUT2D eigenvalue weighted by molar-refractivity contribution is 7.98. The third-order valence-electron chi connectivity index (χ3n) is 5.61. The van der Waals surface area contributed by atoms with Crippen LogP contribution in [0.2, 0.25) is 0 Å². The lowest BCUT2D eigenvalue weighted by atomic mass is 10.2. The number of imidazole rings is 1. The molecule has 0 unspecified atom stereocenters. The largest absolute Gasteiger partial charge is 0.497 e. The molecule has 9 nitrogen and oxygen atoms in total. The molecule has 1 fully saturated rings. The van der Waals surface area contributed by atoms with Crippen molar-refractivity contribution in [2.24, 2.45) is 12.3 Å². The number of hydrogen-bond donors (Lipinski definition) is 0. The van der Waals surface area contributed by atoms with Crippen molar-refractivity contribution in [1.82, 2.24) is 24.5 Å². The minimum absolute atomic E-state index is 0.0148. The van der Waals surface area contributed by atoms with E-state index in [1.807, 2.05) is 30.7 Å². The molecule has 1 aliphatic rings. The van der Waals surface area contributed by atoms with Gasteiger partial charge in [0.1, 0.15) is 11.6 Å². The molecule has 0 aliphatic carbocycles. The molecule has 3 aromatic rings. The fourth-order valence-corrected chi connectivity index (χ4v) is 4.60. The number of anilines is 1. The summed E-state index contributed by atoms with van der Waals surface area (Å²) >= 11 is 1.60. The molecule has 1 aliphatic heterocycles. The van der Waals surface area contributed by atoms with E-state index >= 15 is 0 Å². The molecule has 0 amide bonds. The zero-order chi connectivity index (χ0) is 22.0. The number of ether oxygens (including phenoxy) is 1. The van der Waals surface area contributed by atoms with Crippen LogP contribution in [0.25, 0.3) is 11.2 Å². The maximum Gasteiger partial charge on any atom is 0.191 e. The Morgan fingerprint density at radius 1 is 1.19 bits per heavy atom. The molecule has 4 rings (SSSR count). The molecule has 2 aromatic heterocycles. The van der Waals surface area contributed by atoms with Gasteiger partial charge >= 0.3 is 0 Å². The van der Waals surface area contributed by atoms with Gasteiger partial charge in [-0.15, -0.1) is 4.91 Å². The van der Waals surface area contributed by atoms with Crippen molar-refractivity contribution in [3.05, 3.63) is 40.6 Å². The molecule has 1 aromatic carbocycles. The van der Waals surface area contributed by atoms with Crippen LogP contribution in [0.15, 0.2) is 34.7 Å². The molecule has 0 spiro atoms. The number of piperazine rings is 1. The number of aromatic nitrogens is 4. The lowest BCUT2D eigenvalue weighted by Gasteiger charge is -2.36. The zero-order valence-corrected chi connectivity index (χ0v) is 19.1. The van der Waals surface area contributed by atoms with Gasteiger partial charge in [-0.1, -0.05) is 30.8 Å². The summed E-state index contributed by atoms with van der Waals surface area (Å²) in [6.45, 7) is 5.99. The lowest BCUT2D eigenvalue weighted by molar-refractivity contribution is 0.194. The van der Waals surface area contributed by atoms with Crippen LogP contribution in [-0.4, -0.2) is 57.3 Å². The Labute approximate surface area is 185 Å². The van der Waals surface area contributed by atoms with Gasteiger partial charge < -0.3 is 14.2 Å². The third-order valence-corrected chi connectivity index (χ3v) is 6.53. The molecule has 0 saturated carbocycles. The van der Waals surface area contributed by atoms with Crippen molar-refractivity contribution in [3.8, 4) is 5.75 Å². The Hall–Kier alpha value is -2.88. The molecule has 164 valence electrons. The number of aryl methyl sites for hydroxylation is 2. The van der Waals surface area contributed by atoms with Crippen LogP contribution in [0.5, 0.6) is 5.75 Å². The molecular weight excluding hydrogens is 414 g/mol. The van der Waals surface area contributed by atoms with Gasteiger partial charge in [0.05, 0.1) is 25.0 Å². The van der Waals surface area contributed by atoms with E-state index in [4.69, 9.17) is 19.7 Å². The maximum absolute atomic E-state index is 11.0. The van der Waals surface area contributed by atoms with Crippen LogP contribution in [0.4, 0.5) is 5.82 Å². The first-order valence-electron chi connectivity index (χ1n) is 10.4. The molecule has 31 heavy (non-hydrogen) atoms. The fraction of sp³-hybridized carbons (Fsp3) is 0.476. The summed E-state index contributed by atoms with van der Waals surface area (Å²) in [5, 5.41) is 5.44. The highest BCUT2D eigenvalue weighted by Crippen LogP contribution is 2.30. The Balaban J connectivity index is 1.66. The van der Waals surface area contributed by atoms with Crippen LogP contribution in [-0.2, 0) is 19.2 Å². The fourth-order valence-electron chi connectivity index (χ4n) is 3.80. The monoisotopic (exact) mass is 441 g/mol. The summed E-state index contributed by atoms with van der Waals surface area (Å²) in [4.78, 5) is 27.8. The van der Waals surface area contributed by atoms with Crippen LogP contribution < -0.4 is 9.64 Å². The number of nitrogens with zero attached hydrogens (tertiary/aromatic N) is 7. The highest BCUT2D eigenvalue weighted by Gasteiger charge is 2.28. The Kier molecular flexibility index (Phi) is 6.26. The van der Waals surface area contributed by atoms with Crippen molar-refractivity contribution in [2.45, 2.75) is 37.2 Å². The third kappa shape index (κ3) is 4.30. The van der Waals surface area contributed by atoms with E-state index in [-0.39, 0.29) is 6.04 Å². The first-order chi connectivity index (χ1) is 15.0. The lowest BCUT2D eigenvalue weighted by Crippen LogP contribution is -2.49. The molecule has 10 heteroatoms. The van der Waals surface area contributed by atoms with Crippen molar-refractivity contribution in [1.29, 1.82) is 0 Å². The van der Waals surface area contributed by atoms with E-state index in [9.17, 15) is 4.91 Å². The standard InChI is InChI=1S/C21H27N7O2S/c1-5-17-22-18-19(26(17)3)23-21(31-13-15-6-8-16(30-4)9-7-15)24-20(18)27-10-11-28(25-29)14(2)12-27/h6-9,14H,5,10-13H2,1-4H3/t14-/m1/s1. The molecular formula is C21H27N7O2S. The minimum Gasteiger partial charge on any atom is -0.497 e. The van der Waals surface area contributed by atoms with Gasteiger partial charge in [-0.3, -0.25) is 5.01 Å². The Morgan fingerprint density at radius 3 is 2.61 bits per heavy atom. The average Bonchev–Trinajstić information content (AvgIpc) is 3.13. The second-order valence-electron chi connectivity index (χ2n) is 7.62. The number of fused-ring (bicyclic) bond motifs is 1. The van der Waals surface area contributed by atoms with E-state index in [1.165, 1.54) is 5.56 Å². The molecule has 1 saturated heterocycles. The number of benzene rings is 1.